The van der Waals surface area contributed by atoms with Crippen LogP contribution >= 0.6 is 0 Å². The maximum Gasteiger partial charge on any atom is 0.495 e. The Balaban J connectivity index is 1.77. The molecule has 2 aliphatic rings. The van der Waals surface area contributed by atoms with Crippen molar-refractivity contribution in [3.63, 3.8) is 0 Å². The number of rotatable bonds is 4. The SMILES string of the molecule is CC1(C)OB(c2cc(OC(F)F)cc(N3C(=O)c4ccccc4C3=O)c2)OC1(C)C. The monoisotopic (exact) mass is 415 g/mol. The van der Waals surface area contributed by atoms with Gasteiger partial charge in [0, 0.05) is 6.07 Å². The molecule has 1 fully saturated rings. The van der Waals surface area contributed by atoms with Crippen LogP contribution in [0.2, 0.25) is 0 Å². The second-order valence-electron chi connectivity index (χ2n) is 8.22. The number of imide groups is 1. The van der Waals surface area contributed by atoms with Crippen molar-refractivity contribution in [1.82, 2.24) is 0 Å². The maximum absolute atomic E-state index is 12.9. The van der Waals surface area contributed by atoms with E-state index in [1.165, 1.54) is 18.2 Å². The van der Waals surface area contributed by atoms with Gasteiger partial charge in [-0.1, -0.05) is 12.1 Å². The van der Waals surface area contributed by atoms with Gasteiger partial charge in [-0.15, -0.1) is 0 Å². The molecule has 0 aromatic heterocycles. The fourth-order valence-corrected chi connectivity index (χ4v) is 3.44. The molecule has 2 aromatic carbocycles. The molecule has 0 N–H and O–H groups in total. The van der Waals surface area contributed by atoms with Crippen LogP contribution in [0.1, 0.15) is 48.4 Å². The molecule has 2 aromatic rings. The molecule has 0 radical (unpaired) electrons. The number of nitrogens with zero attached hydrogens (tertiary/aromatic N) is 1. The smallest absolute Gasteiger partial charge is 0.435 e. The van der Waals surface area contributed by atoms with Gasteiger partial charge in [-0.3, -0.25) is 9.59 Å². The highest BCUT2D eigenvalue weighted by molar-refractivity contribution is 6.62. The third kappa shape index (κ3) is 3.28. The van der Waals surface area contributed by atoms with E-state index in [-0.39, 0.29) is 22.6 Å². The molecule has 2 amide bonds. The molecule has 0 bridgehead atoms. The van der Waals surface area contributed by atoms with Crippen molar-refractivity contribution < 1.29 is 32.4 Å². The summed E-state index contributed by atoms with van der Waals surface area (Å²) in [5, 5.41) is 0. The van der Waals surface area contributed by atoms with Crippen LogP contribution in [0.3, 0.4) is 0 Å². The van der Waals surface area contributed by atoms with Crippen molar-refractivity contribution in [3.05, 3.63) is 53.6 Å². The van der Waals surface area contributed by atoms with E-state index in [0.717, 1.165) is 4.90 Å². The number of ether oxygens (including phenoxy) is 1. The third-order valence-electron chi connectivity index (χ3n) is 5.72. The second kappa shape index (κ2) is 6.89. The average Bonchev–Trinajstić information content (AvgIpc) is 3.03. The van der Waals surface area contributed by atoms with Gasteiger partial charge in [0.1, 0.15) is 5.75 Å². The summed E-state index contributed by atoms with van der Waals surface area (Å²) >= 11 is 0. The largest absolute Gasteiger partial charge is 0.495 e. The zero-order chi connectivity index (χ0) is 21.8. The normalized spacial score (nSPS) is 19.6. The Kier molecular flexibility index (Phi) is 4.70. The second-order valence-corrected chi connectivity index (χ2v) is 8.22. The summed E-state index contributed by atoms with van der Waals surface area (Å²) in [6.45, 7) is 4.36. The van der Waals surface area contributed by atoms with Gasteiger partial charge in [-0.25, -0.2) is 4.90 Å². The van der Waals surface area contributed by atoms with Crippen LogP contribution in [0.25, 0.3) is 0 Å². The number of anilines is 1. The fourth-order valence-electron chi connectivity index (χ4n) is 3.44. The number of carbonyl (C=O) groups is 2. The summed E-state index contributed by atoms with van der Waals surface area (Å²) in [7, 11) is -0.884. The van der Waals surface area contributed by atoms with Gasteiger partial charge < -0.3 is 14.0 Å². The van der Waals surface area contributed by atoms with Gasteiger partial charge in [0.05, 0.1) is 28.0 Å². The molecule has 156 valence electrons. The van der Waals surface area contributed by atoms with Crippen molar-refractivity contribution in [2.75, 3.05) is 4.90 Å². The van der Waals surface area contributed by atoms with Crippen molar-refractivity contribution in [2.45, 2.75) is 45.5 Å². The Bertz CT molecular complexity index is 989. The van der Waals surface area contributed by atoms with E-state index >= 15 is 0 Å². The van der Waals surface area contributed by atoms with E-state index in [9.17, 15) is 18.4 Å². The molecule has 0 spiro atoms. The quantitative estimate of drug-likeness (QED) is 0.566. The molecule has 0 aliphatic carbocycles. The molecular formula is C21H20BF2NO5. The highest BCUT2D eigenvalue weighted by Crippen LogP contribution is 2.37. The van der Waals surface area contributed by atoms with Crippen molar-refractivity contribution in [1.29, 1.82) is 0 Å². The van der Waals surface area contributed by atoms with Crippen LogP contribution in [0, 0.1) is 0 Å². The Labute approximate surface area is 172 Å². The highest BCUT2D eigenvalue weighted by Gasteiger charge is 2.52. The number of carbonyl (C=O) groups excluding carboxylic acids is 2. The third-order valence-corrected chi connectivity index (χ3v) is 5.72. The van der Waals surface area contributed by atoms with Crippen LogP contribution in [-0.2, 0) is 9.31 Å². The lowest BCUT2D eigenvalue weighted by atomic mass is 9.78. The number of hydrogen-bond donors (Lipinski definition) is 0. The zero-order valence-corrected chi connectivity index (χ0v) is 16.9. The average molecular weight is 415 g/mol. The van der Waals surface area contributed by atoms with E-state index in [2.05, 4.69) is 4.74 Å². The number of fused-ring (bicyclic) bond motifs is 1. The Morgan fingerprint density at radius 2 is 1.47 bits per heavy atom. The Hall–Kier alpha value is -2.78. The van der Waals surface area contributed by atoms with Gasteiger partial charge in [0.15, 0.2) is 0 Å². The first kappa shape index (κ1) is 20.5. The van der Waals surface area contributed by atoms with E-state index in [1.54, 1.807) is 24.3 Å². The van der Waals surface area contributed by atoms with Gasteiger partial charge >= 0.3 is 13.7 Å². The molecule has 0 unspecified atom stereocenters. The van der Waals surface area contributed by atoms with Gasteiger partial charge in [-0.2, -0.15) is 8.78 Å². The van der Waals surface area contributed by atoms with Gasteiger partial charge in [0.25, 0.3) is 11.8 Å². The van der Waals surface area contributed by atoms with Crippen LogP contribution in [0.4, 0.5) is 14.5 Å². The number of alkyl halides is 2. The minimum atomic E-state index is -3.08. The zero-order valence-electron chi connectivity index (χ0n) is 16.9. The van der Waals surface area contributed by atoms with Crippen LogP contribution in [0.5, 0.6) is 5.75 Å². The summed E-state index contributed by atoms with van der Waals surface area (Å²) in [4.78, 5) is 26.6. The molecule has 2 heterocycles. The van der Waals surface area contributed by atoms with Crippen molar-refractivity contribution >= 4 is 30.1 Å². The van der Waals surface area contributed by atoms with Crippen LogP contribution in [0.15, 0.2) is 42.5 Å². The first-order valence-corrected chi connectivity index (χ1v) is 9.43. The van der Waals surface area contributed by atoms with Crippen molar-refractivity contribution in [3.8, 4) is 5.75 Å². The molecular weight excluding hydrogens is 395 g/mol. The predicted octanol–water partition coefficient (Wildman–Crippen LogP) is 3.39. The predicted molar refractivity (Wildman–Crippen MR) is 106 cm³/mol. The molecule has 2 aliphatic heterocycles. The summed E-state index contributed by atoms with van der Waals surface area (Å²) in [5.41, 5.74) is -0.359. The van der Waals surface area contributed by atoms with E-state index in [4.69, 9.17) is 9.31 Å². The first-order valence-electron chi connectivity index (χ1n) is 9.43. The number of benzene rings is 2. The maximum atomic E-state index is 12.9. The summed E-state index contributed by atoms with van der Waals surface area (Å²) < 4.78 is 42.4. The van der Waals surface area contributed by atoms with Crippen LogP contribution < -0.4 is 15.1 Å². The van der Waals surface area contributed by atoms with E-state index in [0.29, 0.717) is 5.46 Å². The highest BCUT2D eigenvalue weighted by atomic mass is 19.3. The summed E-state index contributed by atoms with van der Waals surface area (Å²) in [6, 6.07) is 10.5. The number of hydrogen-bond acceptors (Lipinski definition) is 5. The van der Waals surface area contributed by atoms with E-state index < -0.39 is 36.7 Å². The first-order chi connectivity index (χ1) is 14.0. The molecule has 1 saturated heterocycles. The Morgan fingerprint density at radius 1 is 0.933 bits per heavy atom. The van der Waals surface area contributed by atoms with Crippen LogP contribution in [-0.4, -0.2) is 36.7 Å². The van der Waals surface area contributed by atoms with Crippen molar-refractivity contribution in [2.24, 2.45) is 0 Å². The fraction of sp³-hybridized carbons (Fsp3) is 0.333. The molecule has 30 heavy (non-hydrogen) atoms. The molecule has 9 heteroatoms. The van der Waals surface area contributed by atoms with E-state index in [1.807, 2.05) is 27.7 Å². The number of amides is 2. The Morgan fingerprint density at radius 3 is 1.97 bits per heavy atom. The summed E-state index contributed by atoms with van der Waals surface area (Å²) in [6.07, 6.45) is 0. The topological polar surface area (TPSA) is 65.1 Å². The molecule has 0 atom stereocenters. The number of halogens is 2. The minimum Gasteiger partial charge on any atom is -0.435 e. The lowest BCUT2D eigenvalue weighted by Crippen LogP contribution is -2.41. The van der Waals surface area contributed by atoms with Gasteiger partial charge in [-0.05, 0) is 57.4 Å². The molecule has 0 saturated carbocycles. The lowest BCUT2D eigenvalue weighted by Gasteiger charge is -2.32. The molecule has 6 nitrogen and oxygen atoms in total. The van der Waals surface area contributed by atoms with Gasteiger partial charge in [0.2, 0.25) is 0 Å². The lowest BCUT2D eigenvalue weighted by molar-refractivity contribution is -0.0497. The molecule has 4 rings (SSSR count). The minimum absolute atomic E-state index is 0.101. The standard InChI is InChI=1S/C21H20BF2NO5/c1-20(2)21(3,4)30-22(29-20)12-9-13(11-14(10-12)28-19(23)24)25-17(26)15-7-5-6-8-16(15)18(25)27/h5-11,19H,1-4H3. The summed E-state index contributed by atoms with van der Waals surface area (Å²) in [5.74, 6) is -1.28.